The second-order valence-electron chi connectivity index (χ2n) is 9.58. The van der Waals surface area contributed by atoms with Crippen LogP contribution < -0.4 is 16.4 Å². The smallest absolute Gasteiger partial charge is 0.357 e. The van der Waals surface area contributed by atoms with Gasteiger partial charge in [0, 0.05) is 43.4 Å². The third kappa shape index (κ3) is 7.53. The largest absolute Gasteiger partial charge is 0.416 e. The van der Waals surface area contributed by atoms with Gasteiger partial charge in [-0.15, -0.1) is 0 Å². The fourth-order valence-corrected chi connectivity index (χ4v) is 4.48. The summed E-state index contributed by atoms with van der Waals surface area (Å²) in [7, 11) is 3.48. The van der Waals surface area contributed by atoms with Gasteiger partial charge in [-0.3, -0.25) is 9.48 Å². The predicted molar refractivity (Wildman–Crippen MR) is 146 cm³/mol. The highest BCUT2D eigenvalue weighted by atomic mass is 19.4. The lowest BCUT2D eigenvalue weighted by atomic mass is 9.97. The quantitative estimate of drug-likeness (QED) is 0.307. The van der Waals surface area contributed by atoms with Crippen LogP contribution in [0.2, 0.25) is 0 Å². The summed E-state index contributed by atoms with van der Waals surface area (Å²) in [4.78, 5) is 21.0. The van der Waals surface area contributed by atoms with Crippen LogP contribution in [-0.4, -0.2) is 38.7 Å². The van der Waals surface area contributed by atoms with Crippen molar-refractivity contribution in [2.24, 2.45) is 12.8 Å². The van der Waals surface area contributed by atoms with Crippen LogP contribution >= 0.6 is 0 Å². The number of aromatic nitrogens is 4. The van der Waals surface area contributed by atoms with E-state index >= 15 is 0 Å². The molecule has 39 heavy (non-hydrogen) atoms. The number of anilines is 2. The highest BCUT2D eigenvalue weighted by Gasteiger charge is 2.30. The maximum Gasteiger partial charge on any atom is 0.416 e. The van der Waals surface area contributed by atoms with Crippen LogP contribution in [0.1, 0.15) is 43.2 Å². The number of hydrogen-bond acceptors (Lipinski definition) is 6. The first-order valence-electron chi connectivity index (χ1n) is 12.8. The van der Waals surface area contributed by atoms with Gasteiger partial charge in [-0.05, 0) is 36.6 Å². The van der Waals surface area contributed by atoms with Crippen molar-refractivity contribution in [1.82, 2.24) is 19.7 Å². The molecule has 5 rings (SSSR count). The van der Waals surface area contributed by atoms with E-state index in [1.807, 2.05) is 18.2 Å². The van der Waals surface area contributed by atoms with Gasteiger partial charge in [0.2, 0.25) is 11.9 Å². The first-order chi connectivity index (χ1) is 18.6. The Balaban J connectivity index is 0.000000438. The minimum Gasteiger partial charge on any atom is -0.357 e. The van der Waals surface area contributed by atoms with Gasteiger partial charge in [0.1, 0.15) is 0 Å². The van der Waals surface area contributed by atoms with Crippen LogP contribution in [0.3, 0.4) is 0 Å². The Morgan fingerprint density at radius 2 is 1.87 bits per heavy atom. The number of fused-ring (bicyclic) bond motifs is 1. The zero-order valence-electron chi connectivity index (χ0n) is 21.9. The second-order valence-corrected chi connectivity index (χ2v) is 9.58. The molecule has 2 aromatic heterocycles. The molecule has 0 spiro atoms. The standard InChI is InChI=1S/C22H19F3N6O.C6H13N/c1-26-21-27-12-15-10-14(6-7-17(15)28-21)18-11-19(30-31(18)2)29-20(32)9-13-4-3-5-16(8-13)22(23,24)25;7-6-4-2-1-3-5-6/h3-8,10-12H,9H2,1-2H3,(H,26,27,28)(H,29,30,32);6H,1-5,7H2. The number of alkyl halides is 3. The average Bonchev–Trinajstić information content (AvgIpc) is 3.28. The van der Waals surface area contributed by atoms with Gasteiger partial charge in [0.25, 0.3) is 0 Å². The van der Waals surface area contributed by atoms with Crippen molar-refractivity contribution in [3.05, 3.63) is 65.9 Å². The molecule has 2 aromatic carbocycles. The molecular weight excluding hydrogens is 507 g/mol. The zero-order chi connectivity index (χ0) is 28.0. The van der Waals surface area contributed by atoms with Crippen molar-refractivity contribution in [2.75, 3.05) is 17.7 Å². The van der Waals surface area contributed by atoms with Crippen LogP contribution in [0.4, 0.5) is 24.9 Å². The molecule has 0 saturated heterocycles. The number of amides is 1. The third-order valence-corrected chi connectivity index (χ3v) is 6.52. The number of aryl methyl sites for hydroxylation is 1. The lowest BCUT2D eigenvalue weighted by Gasteiger charge is -2.15. The second kappa shape index (κ2) is 12.2. The molecule has 206 valence electrons. The van der Waals surface area contributed by atoms with E-state index in [0.717, 1.165) is 34.3 Å². The topological polar surface area (TPSA) is 111 Å². The van der Waals surface area contributed by atoms with Gasteiger partial charge in [-0.25, -0.2) is 9.97 Å². The van der Waals surface area contributed by atoms with Crippen LogP contribution in [0.5, 0.6) is 0 Å². The normalized spacial score (nSPS) is 14.0. The van der Waals surface area contributed by atoms with E-state index in [-0.39, 0.29) is 12.0 Å². The van der Waals surface area contributed by atoms with Gasteiger partial charge >= 0.3 is 6.18 Å². The Morgan fingerprint density at radius 3 is 2.54 bits per heavy atom. The minimum absolute atomic E-state index is 0.197. The molecule has 8 nitrogen and oxygen atoms in total. The van der Waals surface area contributed by atoms with Gasteiger partial charge in [0.05, 0.1) is 23.2 Å². The molecule has 0 bridgehead atoms. The number of rotatable bonds is 5. The SMILES string of the molecule is CNc1ncc2cc(-c3cc(NC(=O)Cc4cccc(C(F)(F)F)c4)nn3C)ccc2n1.NC1CCCCC1. The van der Waals surface area contributed by atoms with Crippen LogP contribution in [0.15, 0.2) is 54.7 Å². The predicted octanol–water partition coefficient (Wildman–Crippen LogP) is 5.55. The average molecular weight is 540 g/mol. The molecule has 0 unspecified atom stereocenters. The van der Waals surface area contributed by atoms with Gasteiger partial charge in [0.15, 0.2) is 5.82 Å². The number of benzene rings is 2. The molecule has 11 heteroatoms. The Kier molecular flexibility index (Phi) is 8.80. The molecule has 1 fully saturated rings. The Bertz CT molecular complexity index is 1430. The minimum atomic E-state index is -4.46. The molecule has 1 amide bonds. The van der Waals surface area contributed by atoms with Crippen molar-refractivity contribution >= 4 is 28.6 Å². The molecule has 1 saturated carbocycles. The van der Waals surface area contributed by atoms with Crippen LogP contribution in [0.25, 0.3) is 22.2 Å². The van der Waals surface area contributed by atoms with E-state index in [1.54, 1.807) is 31.0 Å². The van der Waals surface area contributed by atoms with Crippen molar-refractivity contribution < 1.29 is 18.0 Å². The molecule has 2 heterocycles. The third-order valence-electron chi connectivity index (χ3n) is 6.52. The van der Waals surface area contributed by atoms with E-state index < -0.39 is 17.6 Å². The van der Waals surface area contributed by atoms with Crippen molar-refractivity contribution in [3.63, 3.8) is 0 Å². The van der Waals surface area contributed by atoms with E-state index in [9.17, 15) is 18.0 Å². The molecule has 0 atom stereocenters. The summed E-state index contributed by atoms with van der Waals surface area (Å²) >= 11 is 0. The molecule has 1 aliphatic carbocycles. The first-order valence-corrected chi connectivity index (χ1v) is 12.8. The number of hydrogen-bond donors (Lipinski definition) is 3. The maximum absolute atomic E-state index is 12.9. The van der Waals surface area contributed by atoms with Crippen molar-refractivity contribution in [1.29, 1.82) is 0 Å². The Hall–Kier alpha value is -3.99. The zero-order valence-corrected chi connectivity index (χ0v) is 21.9. The van der Waals surface area contributed by atoms with Crippen molar-refractivity contribution in [3.8, 4) is 11.3 Å². The van der Waals surface area contributed by atoms with E-state index in [1.165, 1.54) is 44.2 Å². The Morgan fingerprint density at radius 1 is 1.10 bits per heavy atom. The summed E-state index contributed by atoms with van der Waals surface area (Å²) in [6.45, 7) is 0. The first kappa shape index (κ1) is 28.0. The van der Waals surface area contributed by atoms with E-state index in [0.29, 0.717) is 17.8 Å². The van der Waals surface area contributed by atoms with Crippen LogP contribution in [-0.2, 0) is 24.4 Å². The summed E-state index contributed by atoms with van der Waals surface area (Å²) < 4.78 is 40.2. The number of carbonyl (C=O) groups excluding carboxylic acids is 1. The summed E-state index contributed by atoms with van der Waals surface area (Å²) in [5, 5.41) is 10.7. The summed E-state index contributed by atoms with van der Waals surface area (Å²) in [6, 6.07) is 12.6. The fourth-order valence-electron chi connectivity index (χ4n) is 4.48. The van der Waals surface area contributed by atoms with Gasteiger partial charge < -0.3 is 16.4 Å². The molecular formula is C28H32F3N7O. The summed E-state index contributed by atoms with van der Waals surface area (Å²) in [5.74, 6) is 0.374. The Labute approximate surface area is 224 Å². The van der Waals surface area contributed by atoms with E-state index in [2.05, 4.69) is 25.7 Å². The van der Waals surface area contributed by atoms with Crippen molar-refractivity contribution in [2.45, 2.75) is 50.7 Å². The van der Waals surface area contributed by atoms with Gasteiger partial charge in [-0.2, -0.15) is 18.3 Å². The lowest BCUT2D eigenvalue weighted by Crippen LogP contribution is -2.22. The molecule has 4 aromatic rings. The number of halogens is 3. The maximum atomic E-state index is 12.9. The summed E-state index contributed by atoms with van der Waals surface area (Å²) in [6.07, 6.45) is 3.72. The number of nitrogens with one attached hydrogen (secondary N) is 2. The highest BCUT2D eigenvalue weighted by Crippen LogP contribution is 2.30. The summed E-state index contributed by atoms with van der Waals surface area (Å²) in [5.41, 5.74) is 7.50. The molecule has 4 N–H and O–H groups in total. The van der Waals surface area contributed by atoms with Crippen LogP contribution in [0, 0.1) is 0 Å². The van der Waals surface area contributed by atoms with E-state index in [4.69, 9.17) is 5.73 Å². The monoisotopic (exact) mass is 539 g/mol. The fraction of sp³-hybridized carbons (Fsp3) is 0.357. The number of nitrogens with zero attached hydrogens (tertiary/aromatic N) is 4. The number of carbonyl (C=O) groups is 1. The van der Waals surface area contributed by atoms with Gasteiger partial charge in [-0.1, -0.05) is 43.5 Å². The highest BCUT2D eigenvalue weighted by molar-refractivity contribution is 5.92. The number of nitrogens with two attached hydrogens (primary N) is 1. The molecule has 0 aliphatic heterocycles. The molecule has 1 aliphatic rings. The molecule has 0 radical (unpaired) electrons. The lowest BCUT2D eigenvalue weighted by molar-refractivity contribution is -0.137.